The molecule has 0 radical (unpaired) electrons. The molecule has 0 bridgehead atoms. The summed E-state index contributed by atoms with van der Waals surface area (Å²) in [5, 5.41) is 4.81. The molecule has 0 aliphatic heterocycles. The highest BCUT2D eigenvalue weighted by Gasteiger charge is 2.25. The van der Waals surface area contributed by atoms with Gasteiger partial charge in [0.15, 0.2) is 0 Å². The zero-order valence-corrected chi connectivity index (χ0v) is 17.0. The molecule has 4 rings (SSSR count). The minimum atomic E-state index is -3.74. The third-order valence-electron chi connectivity index (χ3n) is 4.91. The van der Waals surface area contributed by atoms with Crippen LogP contribution in [0, 0.1) is 5.82 Å². The summed E-state index contributed by atoms with van der Waals surface area (Å²) in [5.74, 6) is -0.647. The Labute approximate surface area is 172 Å². The molecular weight excluding hydrogens is 411 g/mol. The van der Waals surface area contributed by atoms with Crippen molar-refractivity contribution in [2.75, 3.05) is 0 Å². The highest BCUT2D eigenvalue weighted by atomic mass is 32.2. The molecular formula is C21H19FN2O3S2. The first-order valence-corrected chi connectivity index (χ1v) is 11.5. The van der Waals surface area contributed by atoms with Crippen molar-refractivity contribution in [1.82, 2.24) is 10.0 Å². The van der Waals surface area contributed by atoms with Gasteiger partial charge in [-0.25, -0.2) is 17.5 Å². The van der Waals surface area contributed by atoms with E-state index in [2.05, 4.69) is 10.0 Å². The maximum Gasteiger partial charge on any atom is 0.251 e. The van der Waals surface area contributed by atoms with E-state index in [1.165, 1.54) is 35.6 Å². The van der Waals surface area contributed by atoms with Crippen molar-refractivity contribution >= 4 is 27.3 Å². The van der Waals surface area contributed by atoms with Gasteiger partial charge in [-0.15, -0.1) is 11.3 Å². The fourth-order valence-electron chi connectivity index (χ4n) is 3.44. The number of thiophene rings is 1. The molecule has 29 heavy (non-hydrogen) atoms. The second kappa shape index (κ2) is 8.06. The van der Waals surface area contributed by atoms with Crippen LogP contribution >= 0.6 is 11.3 Å². The maximum absolute atomic E-state index is 13.4. The van der Waals surface area contributed by atoms with Gasteiger partial charge in [-0.1, -0.05) is 18.2 Å². The fourth-order valence-corrected chi connectivity index (χ4v) is 5.23. The van der Waals surface area contributed by atoms with E-state index in [-0.39, 0.29) is 34.8 Å². The lowest BCUT2D eigenvalue weighted by atomic mass is 10.1. The van der Waals surface area contributed by atoms with Crippen LogP contribution in [-0.4, -0.2) is 14.3 Å². The quantitative estimate of drug-likeness (QED) is 0.625. The second-order valence-electron chi connectivity index (χ2n) is 6.84. The molecule has 150 valence electrons. The van der Waals surface area contributed by atoms with E-state index in [0.717, 1.165) is 16.0 Å². The van der Waals surface area contributed by atoms with E-state index < -0.39 is 10.0 Å². The van der Waals surface area contributed by atoms with E-state index in [1.807, 2.05) is 17.5 Å². The van der Waals surface area contributed by atoms with Crippen molar-refractivity contribution in [1.29, 1.82) is 0 Å². The van der Waals surface area contributed by atoms with Gasteiger partial charge in [-0.2, -0.15) is 0 Å². The SMILES string of the molecule is O=C(NC1CCc2cc(F)ccc21)c1cccc(S(=O)(=O)NCc2cccs2)c1. The van der Waals surface area contributed by atoms with Gasteiger partial charge < -0.3 is 5.32 Å². The zero-order valence-electron chi connectivity index (χ0n) is 15.4. The zero-order chi connectivity index (χ0) is 20.4. The van der Waals surface area contributed by atoms with Gasteiger partial charge >= 0.3 is 0 Å². The highest BCUT2D eigenvalue weighted by Crippen LogP contribution is 2.31. The molecule has 0 spiro atoms. The number of sulfonamides is 1. The minimum Gasteiger partial charge on any atom is -0.345 e. The van der Waals surface area contributed by atoms with Crippen LogP contribution in [0.25, 0.3) is 0 Å². The highest BCUT2D eigenvalue weighted by molar-refractivity contribution is 7.89. The Bertz CT molecular complexity index is 1140. The molecule has 1 aliphatic rings. The molecule has 0 saturated heterocycles. The smallest absolute Gasteiger partial charge is 0.251 e. The van der Waals surface area contributed by atoms with Crippen molar-refractivity contribution in [2.45, 2.75) is 30.3 Å². The van der Waals surface area contributed by atoms with Gasteiger partial charge in [0.2, 0.25) is 10.0 Å². The standard InChI is InChI=1S/C21H19FN2O3S2/c22-16-7-8-19-14(11-16)6-9-20(19)24-21(25)15-3-1-5-18(12-15)29(26,27)23-13-17-4-2-10-28-17/h1-5,7-8,10-12,20,23H,6,9,13H2,(H,24,25). The minimum absolute atomic E-state index is 0.0376. The van der Waals surface area contributed by atoms with Crippen LogP contribution in [-0.2, 0) is 23.0 Å². The van der Waals surface area contributed by atoms with Crippen LogP contribution in [0.4, 0.5) is 4.39 Å². The fraction of sp³-hybridized carbons (Fsp3) is 0.190. The van der Waals surface area contributed by atoms with E-state index in [0.29, 0.717) is 12.8 Å². The molecule has 2 N–H and O–H groups in total. The third-order valence-corrected chi connectivity index (χ3v) is 7.19. The van der Waals surface area contributed by atoms with Gasteiger partial charge in [-0.05, 0) is 65.7 Å². The lowest BCUT2D eigenvalue weighted by Gasteiger charge is -2.15. The van der Waals surface area contributed by atoms with Crippen molar-refractivity contribution in [3.63, 3.8) is 0 Å². The third kappa shape index (κ3) is 4.39. The van der Waals surface area contributed by atoms with E-state index in [4.69, 9.17) is 0 Å². The number of rotatable bonds is 6. The summed E-state index contributed by atoms with van der Waals surface area (Å²) in [6.07, 6.45) is 1.38. The lowest BCUT2D eigenvalue weighted by molar-refractivity contribution is 0.0936. The number of fused-ring (bicyclic) bond motifs is 1. The van der Waals surface area contributed by atoms with Gasteiger partial charge in [0, 0.05) is 17.0 Å². The Morgan fingerprint density at radius 2 is 2.00 bits per heavy atom. The molecule has 3 aromatic rings. The van der Waals surface area contributed by atoms with Crippen LogP contribution in [0.5, 0.6) is 0 Å². The molecule has 0 saturated carbocycles. The van der Waals surface area contributed by atoms with Crippen molar-refractivity contribution in [3.8, 4) is 0 Å². The normalized spacial score (nSPS) is 15.8. The van der Waals surface area contributed by atoms with Gasteiger partial charge in [0.05, 0.1) is 10.9 Å². The van der Waals surface area contributed by atoms with Crippen LogP contribution < -0.4 is 10.0 Å². The van der Waals surface area contributed by atoms with Crippen LogP contribution in [0.15, 0.2) is 64.9 Å². The molecule has 1 atom stereocenters. The summed E-state index contributed by atoms with van der Waals surface area (Å²) in [5.41, 5.74) is 2.06. The number of hydrogen-bond donors (Lipinski definition) is 2. The Balaban J connectivity index is 1.48. The van der Waals surface area contributed by atoms with Crippen LogP contribution in [0.1, 0.15) is 38.8 Å². The van der Waals surface area contributed by atoms with Crippen LogP contribution in [0.2, 0.25) is 0 Å². The molecule has 8 heteroatoms. The first kappa shape index (κ1) is 19.8. The lowest BCUT2D eigenvalue weighted by Crippen LogP contribution is -2.28. The van der Waals surface area contributed by atoms with Crippen molar-refractivity contribution < 1.29 is 17.6 Å². The number of nitrogens with one attached hydrogen (secondary N) is 2. The first-order chi connectivity index (χ1) is 13.9. The molecule has 1 unspecified atom stereocenters. The first-order valence-electron chi connectivity index (χ1n) is 9.14. The van der Waals surface area contributed by atoms with E-state index >= 15 is 0 Å². The predicted molar refractivity (Wildman–Crippen MR) is 110 cm³/mol. The predicted octanol–water partition coefficient (Wildman–Crippen LogP) is 3.78. The molecule has 1 aliphatic carbocycles. The summed E-state index contributed by atoms with van der Waals surface area (Å²) in [6, 6.07) is 14.0. The molecule has 1 amide bonds. The second-order valence-corrected chi connectivity index (χ2v) is 9.64. The number of aryl methyl sites for hydroxylation is 1. The number of halogens is 1. The van der Waals surface area contributed by atoms with Gasteiger partial charge in [0.1, 0.15) is 5.82 Å². The summed E-state index contributed by atoms with van der Waals surface area (Å²) in [6.45, 7) is 0.200. The number of amides is 1. The summed E-state index contributed by atoms with van der Waals surface area (Å²) >= 11 is 1.47. The molecule has 0 fully saturated rings. The van der Waals surface area contributed by atoms with Crippen LogP contribution in [0.3, 0.4) is 0 Å². The summed E-state index contributed by atoms with van der Waals surface area (Å²) < 4.78 is 41.1. The average Bonchev–Trinajstić information content (AvgIpc) is 3.36. The largest absolute Gasteiger partial charge is 0.345 e. The molecule has 5 nitrogen and oxygen atoms in total. The topological polar surface area (TPSA) is 75.3 Å². The molecule has 1 heterocycles. The Morgan fingerprint density at radius 1 is 1.14 bits per heavy atom. The van der Waals surface area contributed by atoms with Gasteiger partial charge in [0.25, 0.3) is 5.91 Å². The monoisotopic (exact) mass is 430 g/mol. The van der Waals surface area contributed by atoms with Gasteiger partial charge in [-0.3, -0.25) is 4.79 Å². The number of carbonyl (C=O) groups is 1. The van der Waals surface area contributed by atoms with E-state index in [1.54, 1.807) is 18.2 Å². The summed E-state index contributed by atoms with van der Waals surface area (Å²) in [4.78, 5) is 13.6. The molecule has 2 aromatic carbocycles. The van der Waals surface area contributed by atoms with Crippen molar-refractivity contribution in [2.24, 2.45) is 0 Å². The number of benzene rings is 2. The number of carbonyl (C=O) groups excluding carboxylic acids is 1. The Hall–Kier alpha value is -2.55. The summed E-state index contributed by atoms with van der Waals surface area (Å²) in [7, 11) is -3.74. The Morgan fingerprint density at radius 3 is 2.79 bits per heavy atom. The average molecular weight is 431 g/mol. The van der Waals surface area contributed by atoms with Crippen molar-refractivity contribution in [3.05, 3.63) is 87.4 Å². The number of hydrogen-bond acceptors (Lipinski definition) is 4. The van der Waals surface area contributed by atoms with E-state index in [9.17, 15) is 17.6 Å². The maximum atomic E-state index is 13.4. The molecule has 1 aromatic heterocycles. The Kier molecular flexibility index (Phi) is 5.49.